The summed E-state index contributed by atoms with van der Waals surface area (Å²) in [6.45, 7) is 1.32. The Labute approximate surface area is 115 Å². The maximum atomic E-state index is 12.0. The first-order chi connectivity index (χ1) is 9.49. The number of hydrogen-bond donors (Lipinski definition) is 2. The van der Waals surface area contributed by atoms with Crippen LogP contribution in [0.4, 0.5) is 5.82 Å². The summed E-state index contributed by atoms with van der Waals surface area (Å²) in [7, 11) is -3.92. The van der Waals surface area contributed by atoms with E-state index < -0.39 is 21.0 Å². The van der Waals surface area contributed by atoms with Gasteiger partial charge in [0.05, 0.1) is 0 Å². The van der Waals surface area contributed by atoms with Crippen LogP contribution in [0.1, 0.15) is 12.5 Å². The van der Waals surface area contributed by atoms with Crippen molar-refractivity contribution in [1.82, 2.24) is 15.0 Å². The zero-order valence-electron chi connectivity index (χ0n) is 10.5. The molecule has 2 rings (SSSR count). The Balaban J connectivity index is 2.15. The van der Waals surface area contributed by atoms with E-state index in [1.165, 1.54) is 6.92 Å². The van der Waals surface area contributed by atoms with Crippen molar-refractivity contribution in [2.24, 2.45) is 0 Å². The zero-order chi connectivity index (χ0) is 14.6. The molecule has 1 aromatic heterocycles. The first-order valence-electron chi connectivity index (χ1n) is 5.63. The van der Waals surface area contributed by atoms with Gasteiger partial charge in [0.15, 0.2) is 0 Å². The normalized spacial score (nSPS) is 11.2. The predicted molar refractivity (Wildman–Crippen MR) is 69.1 cm³/mol. The Morgan fingerprint density at radius 1 is 1.25 bits per heavy atom. The van der Waals surface area contributed by atoms with Crippen molar-refractivity contribution < 1.29 is 17.8 Å². The van der Waals surface area contributed by atoms with E-state index in [-0.39, 0.29) is 12.4 Å². The molecule has 8 nitrogen and oxygen atoms in total. The predicted octanol–water partition coefficient (Wildman–Crippen LogP) is 0.506. The molecular formula is C11H12N4O4S. The van der Waals surface area contributed by atoms with Crippen molar-refractivity contribution >= 4 is 21.7 Å². The summed E-state index contributed by atoms with van der Waals surface area (Å²) < 4.78 is 30.8. The minimum Gasteiger partial charge on any atom is -0.306 e. The van der Waals surface area contributed by atoms with E-state index in [1.54, 1.807) is 24.3 Å². The first-order valence-corrected chi connectivity index (χ1v) is 7.11. The second-order valence-electron chi connectivity index (χ2n) is 3.91. The Hall–Kier alpha value is -2.26. The topological polar surface area (TPSA) is 114 Å². The van der Waals surface area contributed by atoms with E-state index >= 15 is 0 Å². The summed E-state index contributed by atoms with van der Waals surface area (Å²) >= 11 is 0. The summed E-state index contributed by atoms with van der Waals surface area (Å²) in [5.41, 5.74) is 0.786. The molecule has 1 heterocycles. The van der Waals surface area contributed by atoms with Crippen molar-refractivity contribution in [3.63, 3.8) is 0 Å². The Morgan fingerprint density at radius 2 is 1.95 bits per heavy atom. The Kier molecular flexibility index (Phi) is 4.11. The van der Waals surface area contributed by atoms with Crippen LogP contribution in [-0.4, -0.2) is 24.6 Å². The van der Waals surface area contributed by atoms with Gasteiger partial charge in [-0.3, -0.25) is 4.79 Å². The summed E-state index contributed by atoms with van der Waals surface area (Å²) in [6, 6.07) is 8.97. The molecule has 0 aliphatic carbocycles. The molecule has 0 aliphatic heterocycles. The second kappa shape index (κ2) is 5.80. The molecule has 1 aromatic carbocycles. The van der Waals surface area contributed by atoms with Gasteiger partial charge in [-0.05, 0) is 15.9 Å². The minimum atomic E-state index is -3.92. The first kappa shape index (κ1) is 14.2. The molecule has 0 saturated carbocycles. The van der Waals surface area contributed by atoms with Crippen molar-refractivity contribution in [3.8, 4) is 0 Å². The van der Waals surface area contributed by atoms with Gasteiger partial charge in [0.25, 0.3) is 15.0 Å². The fraction of sp³-hybridized carbons (Fsp3) is 0.182. The van der Waals surface area contributed by atoms with Crippen LogP contribution >= 0.6 is 0 Å². The van der Waals surface area contributed by atoms with Gasteiger partial charge in [-0.2, -0.15) is 0 Å². The third-order valence-electron chi connectivity index (χ3n) is 2.32. The average molecular weight is 296 g/mol. The van der Waals surface area contributed by atoms with E-state index in [0.29, 0.717) is 0 Å². The van der Waals surface area contributed by atoms with Gasteiger partial charge in [-0.1, -0.05) is 30.3 Å². The number of carbonyl (C=O) groups excluding carboxylic acids is 1. The second-order valence-corrected chi connectivity index (χ2v) is 5.59. The monoisotopic (exact) mass is 296 g/mol. The third-order valence-corrected chi connectivity index (χ3v) is 3.62. The van der Waals surface area contributed by atoms with Crippen LogP contribution in [0, 0.1) is 0 Å². The largest absolute Gasteiger partial charge is 0.306 e. The number of sulfonamides is 1. The van der Waals surface area contributed by atoms with Crippen LogP contribution in [0.15, 0.2) is 40.0 Å². The molecule has 0 atom stereocenters. The molecule has 0 radical (unpaired) electrons. The highest BCUT2D eigenvalue weighted by molar-refractivity contribution is 7.89. The molecule has 0 fully saturated rings. The van der Waals surface area contributed by atoms with Gasteiger partial charge >= 0.3 is 0 Å². The summed E-state index contributed by atoms with van der Waals surface area (Å²) in [4.78, 5) is 10.9. The molecule has 0 spiro atoms. The molecule has 0 saturated heterocycles. The molecule has 2 aromatic rings. The van der Waals surface area contributed by atoms with E-state index in [9.17, 15) is 13.2 Å². The summed E-state index contributed by atoms with van der Waals surface area (Å²) in [5, 5.41) is 8.42. The van der Waals surface area contributed by atoms with Crippen molar-refractivity contribution in [3.05, 3.63) is 35.9 Å². The number of amides is 1. The maximum Gasteiger partial charge on any atom is 0.265 e. The van der Waals surface area contributed by atoms with E-state index in [0.717, 1.165) is 5.56 Å². The molecular weight excluding hydrogens is 284 g/mol. The number of nitrogens with zero attached hydrogens (tertiary/aromatic N) is 2. The summed E-state index contributed by atoms with van der Waals surface area (Å²) in [5.74, 6) is -0.710. The minimum absolute atomic E-state index is 0.0928. The molecule has 1 amide bonds. The van der Waals surface area contributed by atoms with Gasteiger partial charge in [0, 0.05) is 13.5 Å². The molecule has 20 heavy (non-hydrogen) atoms. The third kappa shape index (κ3) is 3.39. The number of rotatable bonds is 5. The zero-order valence-corrected chi connectivity index (χ0v) is 11.3. The lowest BCUT2D eigenvalue weighted by atomic mass is 10.2. The lowest BCUT2D eigenvalue weighted by Gasteiger charge is -2.05. The number of carbonyl (C=O) groups is 1. The quantitative estimate of drug-likeness (QED) is 0.830. The number of hydrogen-bond acceptors (Lipinski definition) is 6. The van der Waals surface area contributed by atoms with E-state index in [4.69, 9.17) is 0 Å². The van der Waals surface area contributed by atoms with Gasteiger partial charge < -0.3 is 5.32 Å². The number of aromatic nitrogens is 2. The van der Waals surface area contributed by atoms with Crippen molar-refractivity contribution in [2.45, 2.75) is 18.5 Å². The SMILES string of the molecule is CC(=O)Nc1nonc1S(=O)(=O)NCc1ccccc1. The standard InChI is InChI=1S/C11H12N4O4S/c1-8(16)13-10-11(15-19-14-10)20(17,18)12-7-9-5-3-2-4-6-9/h2-6,12H,7H2,1H3,(H,13,14,16). The van der Waals surface area contributed by atoms with Crippen LogP contribution in [0.2, 0.25) is 0 Å². The smallest absolute Gasteiger partial charge is 0.265 e. The van der Waals surface area contributed by atoms with Crippen LogP contribution < -0.4 is 10.0 Å². The lowest BCUT2D eigenvalue weighted by molar-refractivity contribution is -0.114. The van der Waals surface area contributed by atoms with Gasteiger partial charge in [-0.15, -0.1) is 0 Å². The highest BCUT2D eigenvalue weighted by Gasteiger charge is 2.25. The van der Waals surface area contributed by atoms with Crippen LogP contribution in [0.25, 0.3) is 0 Å². The average Bonchev–Trinajstić information content (AvgIpc) is 2.86. The molecule has 2 N–H and O–H groups in total. The lowest BCUT2D eigenvalue weighted by Crippen LogP contribution is -2.25. The molecule has 106 valence electrons. The molecule has 0 aliphatic rings. The fourth-order valence-electron chi connectivity index (χ4n) is 1.44. The molecule has 0 unspecified atom stereocenters. The highest BCUT2D eigenvalue weighted by atomic mass is 32.2. The van der Waals surface area contributed by atoms with Crippen molar-refractivity contribution in [1.29, 1.82) is 0 Å². The number of nitrogens with one attached hydrogen (secondary N) is 2. The van der Waals surface area contributed by atoms with Crippen LogP contribution in [0.5, 0.6) is 0 Å². The van der Waals surface area contributed by atoms with E-state index in [2.05, 4.69) is 25.0 Å². The fourth-order valence-corrected chi connectivity index (χ4v) is 2.41. The Bertz CT molecular complexity index is 696. The van der Waals surface area contributed by atoms with Crippen LogP contribution in [-0.2, 0) is 21.4 Å². The van der Waals surface area contributed by atoms with Gasteiger partial charge in [0.1, 0.15) is 0 Å². The summed E-state index contributed by atoms with van der Waals surface area (Å²) in [6.07, 6.45) is 0. The van der Waals surface area contributed by atoms with Crippen molar-refractivity contribution in [2.75, 3.05) is 5.32 Å². The van der Waals surface area contributed by atoms with Crippen LogP contribution in [0.3, 0.4) is 0 Å². The molecule has 0 bridgehead atoms. The van der Waals surface area contributed by atoms with E-state index in [1.807, 2.05) is 6.07 Å². The van der Waals surface area contributed by atoms with Gasteiger partial charge in [0.2, 0.25) is 11.7 Å². The maximum absolute atomic E-state index is 12.0. The van der Waals surface area contributed by atoms with Gasteiger partial charge in [-0.25, -0.2) is 17.8 Å². The molecule has 9 heteroatoms. The number of anilines is 1. The highest BCUT2D eigenvalue weighted by Crippen LogP contribution is 2.16. The number of benzene rings is 1. The Morgan fingerprint density at radius 3 is 2.60 bits per heavy atom.